The standard InChI is InChI=1S/C24H46Cl2Si/c1-3-5-7-9-11-13-15-17-19-21-23-27(25,26)24-22-20-18-16-14-12-10-8-6-4-2/h3-4H,1-2,5-24H2. The maximum Gasteiger partial charge on any atom is 0.251 e. The summed E-state index contributed by atoms with van der Waals surface area (Å²) in [5.74, 6) is 0. The molecule has 3 heteroatoms. The second-order valence-corrected chi connectivity index (χ2v) is 15.8. The van der Waals surface area contributed by atoms with Crippen LogP contribution in [0.25, 0.3) is 0 Å². The van der Waals surface area contributed by atoms with E-state index in [1.54, 1.807) is 0 Å². The molecule has 0 fully saturated rings. The quantitative estimate of drug-likeness (QED) is 0.0689. The van der Waals surface area contributed by atoms with Gasteiger partial charge < -0.3 is 0 Å². The summed E-state index contributed by atoms with van der Waals surface area (Å²) in [6, 6.07) is 2.19. The largest absolute Gasteiger partial charge is 0.251 e. The number of unbranched alkanes of at least 4 members (excludes halogenated alkanes) is 16. The zero-order valence-corrected chi connectivity index (χ0v) is 20.5. The average molecular weight is 434 g/mol. The Bertz CT molecular complexity index is 298. The number of rotatable bonds is 22. The molecule has 160 valence electrons. The van der Waals surface area contributed by atoms with Gasteiger partial charge >= 0.3 is 0 Å². The zero-order chi connectivity index (χ0) is 20.1. The molecular weight excluding hydrogens is 387 g/mol. The Hall–Kier alpha value is 0.277. The summed E-state index contributed by atoms with van der Waals surface area (Å²) in [7, 11) is 0. The first-order valence-corrected chi connectivity index (χ1v) is 16.2. The minimum atomic E-state index is -1.96. The van der Waals surface area contributed by atoms with E-state index in [-0.39, 0.29) is 0 Å². The van der Waals surface area contributed by atoms with Crippen molar-refractivity contribution in [3.63, 3.8) is 0 Å². The van der Waals surface area contributed by atoms with Crippen LogP contribution in [-0.2, 0) is 0 Å². The van der Waals surface area contributed by atoms with Crippen LogP contribution in [0.2, 0.25) is 12.1 Å². The molecule has 0 saturated heterocycles. The average Bonchev–Trinajstić information content (AvgIpc) is 2.64. The normalized spacial score (nSPS) is 11.6. The van der Waals surface area contributed by atoms with E-state index in [1.165, 1.54) is 116 Å². The molecule has 0 N–H and O–H groups in total. The minimum Gasteiger partial charge on any atom is -0.146 e. The van der Waals surface area contributed by atoms with E-state index in [0.717, 1.165) is 12.1 Å². The van der Waals surface area contributed by atoms with Crippen LogP contribution in [0.4, 0.5) is 0 Å². The summed E-state index contributed by atoms with van der Waals surface area (Å²) in [5.41, 5.74) is 0. The Morgan fingerprint density at radius 1 is 0.444 bits per heavy atom. The second-order valence-electron chi connectivity index (χ2n) is 8.17. The molecule has 0 unspecified atom stereocenters. The van der Waals surface area contributed by atoms with Gasteiger partial charge in [0.15, 0.2) is 0 Å². The maximum absolute atomic E-state index is 6.65. The Kier molecular flexibility index (Phi) is 21.2. The third-order valence-electron chi connectivity index (χ3n) is 5.40. The summed E-state index contributed by atoms with van der Waals surface area (Å²) in [4.78, 5) is 0. The molecule has 0 aliphatic heterocycles. The minimum absolute atomic E-state index is 1.10. The summed E-state index contributed by atoms with van der Waals surface area (Å²) >= 11 is 13.3. The van der Waals surface area contributed by atoms with Crippen molar-refractivity contribution in [2.45, 2.75) is 128 Å². The highest BCUT2D eigenvalue weighted by atomic mass is 35.7. The molecular formula is C24H46Cl2Si. The van der Waals surface area contributed by atoms with Gasteiger partial charge in [0, 0.05) is 0 Å². The molecule has 0 heterocycles. The van der Waals surface area contributed by atoms with Crippen molar-refractivity contribution in [1.82, 2.24) is 0 Å². The Morgan fingerprint density at radius 2 is 0.704 bits per heavy atom. The lowest BCUT2D eigenvalue weighted by atomic mass is 10.1. The van der Waals surface area contributed by atoms with Crippen LogP contribution in [0, 0.1) is 0 Å². The van der Waals surface area contributed by atoms with Crippen LogP contribution >= 0.6 is 22.2 Å². The van der Waals surface area contributed by atoms with Crippen molar-refractivity contribution < 1.29 is 0 Å². The van der Waals surface area contributed by atoms with Gasteiger partial charge in [0.05, 0.1) is 0 Å². The summed E-state index contributed by atoms with van der Waals surface area (Å²) in [6.07, 6.45) is 27.8. The molecule has 0 aliphatic carbocycles. The molecule has 0 nitrogen and oxygen atoms in total. The maximum atomic E-state index is 6.65. The lowest BCUT2D eigenvalue weighted by Crippen LogP contribution is -2.18. The van der Waals surface area contributed by atoms with Crippen molar-refractivity contribution in [1.29, 1.82) is 0 Å². The third kappa shape index (κ3) is 22.4. The van der Waals surface area contributed by atoms with E-state index < -0.39 is 6.69 Å². The molecule has 0 bridgehead atoms. The summed E-state index contributed by atoms with van der Waals surface area (Å²) < 4.78 is 0. The van der Waals surface area contributed by atoms with Gasteiger partial charge in [-0.1, -0.05) is 102 Å². The number of hydrogen-bond acceptors (Lipinski definition) is 0. The van der Waals surface area contributed by atoms with Gasteiger partial charge in [-0.15, -0.1) is 35.3 Å². The van der Waals surface area contributed by atoms with E-state index >= 15 is 0 Å². The van der Waals surface area contributed by atoms with Crippen molar-refractivity contribution >= 4 is 28.9 Å². The van der Waals surface area contributed by atoms with Gasteiger partial charge in [-0.25, -0.2) is 0 Å². The van der Waals surface area contributed by atoms with E-state index in [9.17, 15) is 0 Å². The van der Waals surface area contributed by atoms with E-state index in [2.05, 4.69) is 13.2 Å². The van der Waals surface area contributed by atoms with E-state index in [1.807, 2.05) is 12.2 Å². The fraction of sp³-hybridized carbons (Fsp3) is 0.833. The van der Waals surface area contributed by atoms with Crippen LogP contribution in [0.5, 0.6) is 0 Å². The molecule has 0 aliphatic rings. The molecule has 0 radical (unpaired) electrons. The molecule has 0 amide bonds. The molecule has 0 aromatic heterocycles. The molecule has 0 saturated carbocycles. The van der Waals surface area contributed by atoms with Crippen LogP contribution in [0.1, 0.15) is 116 Å². The Morgan fingerprint density at radius 3 is 1.00 bits per heavy atom. The van der Waals surface area contributed by atoms with Crippen molar-refractivity contribution in [3.8, 4) is 0 Å². The number of halogens is 2. The highest BCUT2D eigenvalue weighted by molar-refractivity contribution is 7.45. The predicted octanol–water partition coefficient (Wildman–Crippen LogP) is 10.3. The van der Waals surface area contributed by atoms with Gasteiger partial charge in [0.25, 0.3) is 6.69 Å². The zero-order valence-electron chi connectivity index (χ0n) is 18.0. The van der Waals surface area contributed by atoms with Crippen molar-refractivity contribution in [2.75, 3.05) is 0 Å². The first-order chi connectivity index (χ1) is 13.1. The molecule has 0 atom stereocenters. The summed E-state index contributed by atoms with van der Waals surface area (Å²) in [6.45, 7) is 5.59. The highest BCUT2D eigenvalue weighted by Gasteiger charge is 2.26. The fourth-order valence-corrected chi connectivity index (χ4v) is 6.98. The monoisotopic (exact) mass is 432 g/mol. The second kappa shape index (κ2) is 21.0. The Labute approximate surface area is 181 Å². The van der Waals surface area contributed by atoms with Crippen molar-refractivity contribution in [3.05, 3.63) is 25.3 Å². The molecule has 0 aromatic carbocycles. The first-order valence-electron chi connectivity index (χ1n) is 11.7. The van der Waals surface area contributed by atoms with Crippen LogP contribution in [0.15, 0.2) is 25.3 Å². The van der Waals surface area contributed by atoms with Gasteiger partial charge in [-0.2, -0.15) is 0 Å². The van der Waals surface area contributed by atoms with Crippen LogP contribution in [-0.4, -0.2) is 6.69 Å². The highest BCUT2D eigenvalue weighted by Crippen LogP contribution is 2.30. The van der Waals surface area contributed by atoms with Crippen molar-refractivity contribution in [2.24, 2.45) is 0 Å². The predicted molar refractivity (Wildman–Crippen MR) is 131 cm³/mol. The van der Waals surface area contributed by atoms with E-state index in [4.69, 9.17) is 22.2 Å². The SMILES string of the molecule is C=CCCCCCCCCCC[Si](Cl)(Cl)CCCCCCCCCCC=C. The molecule has 0 aromatic rings. The molecule has 0 spiro atoms. The summed E-state index contributed by atoms with van der Waals surface area (Å²) in [5, 5.41) is 0. The topological polar surface area (TPSA) is 0 Å². The number of hydrogen-bond donors (Lipinski definition) is 0. The van der Waals surface area contributed by atoms with Crippen LogP contribution < -0.4 is 0 Å². The lowest BCUT2D eigenvalue weighted by molar-refractivity contribution is 0.574. The number of allylic oxidation sites excluding steroid dienone is 2. The fourth-order valence-electron chi connectivity index (χ4n) is 3.59. The van der Waals surface area contributed by atoms with Crippen LogP contribution in [0.3, 0.4) is 0 Å². The van der Waals surface area contributed by atoms with Gasteiger partial charge in [-0.3, -0.25) is 0 Å². The van der Waals surface area contributed by atoms with E-state index in [0.29, 0.717) is 0 Å². The molecule has 27 heavy (non-hydrogen) atoms. The Balaban J connectivity index is 3.33. The van der Waals surface area contributed by atoms with Gasteiger partial charge in [-0.05, 0) is 37.8 Å². The lowest BCUT2D eigenvalue weighted by Gasteiger charge is -2.16. The smallest absolute Gasteiger partial charge is 0.146 e. The van der Waals surface area contributed by atoms with Gasteiger partial charge in [0.1, 0.15) is 0 Å². The molecule has 0 rings (SSSR count). The first kappa shape index (κ1) is 27.3. The van der Waals surface area contributed by atoms with Gasteiger partial charge in [0.2, 0.25) is 0 Å². The third-order valence-corrected chi connectivity index (χ3v) is 9.84.